The third-order valence-electron chi connectivity index (χ3n) is 6.14. The number of hydrogen-bond donors (Lipinski definition) is 0. The van der Waals surface area contributed by atoms with Crippen molar-refractivity contribution in [3.63, 3.8) is 0 Å². The Balaban J connectivity index is 1.62. The molecule has 0 amide bonds. The van der Waals surface area contributed by atoms with Crippen LogP contribution in [0.25, 0.3) is 0 Å². The van der Waals surface area contributed by atoms with Crippen molar-refractivity contribution in [2.24, 2.45) is 29.6 Å². The Morgan fingerprint density at radius 1 is 1.05 bits per heavy atom. The molecular formula is C18H28O2. The van der Waals surface area contributed by atoms with Gasteiger partial charge in [-0.25, -0.2) is 4.79 Å². The topological polar surface area (TPSA) is 26.3 Å². The quantitative estimate of drug-likeness (QED) is 0.566. The summed E-state index contributed by atoms with van der Waals surface area (Å²) in [7, 11) is 0. The molecule has 0 spiro atoms. The lowest BCUT2D eigenvalue weighted by molar-refractivity contribution is -0.141. The van der Waals surface area contributed by atoms with E-state index in [9.17, 15) is 4.79 Å². The molecule has 0 N–H and O–H groups in total. The molecule has 5 atom stereocenters. The summed E-state index contributed by atoms with van der Waals surface area (Å²) in [5.41, 5.74) is 0.525. The molecule has 0 radical (unpaired) electrons. The zero-order valence-corrected chi connectivity index (χ0v) is 12.8. The molecule has 3 aliphatic rings. The molecule has 3 rings (SSSR count). The first kappa shape index (κ1) is 14.2. The van der Waals surface area contributed by atoms with Crippen LogP contribution in [0.4, 0.5) is 0 Å². The van der Waals surface area contributed by atoms with Gasteiger partial charge in [0, 0.05) is 5.57 Å². The summed E-state index contributed by atoms with van der Waals surface area (Å²) in [6, 6.07) is 0. The lowest BCUT2D eigenvalue weighted by atomic mass is 9.70. The van der Waals surface area contributed by atoms with Crippen LogP contribution < -0.4 is 0 Å². The van der Waals surface area contributed by atoms with Gasteiger partial charge >= 0.3 is 5.97 Å². The normalized spacial score (nSPS) is 39.8. The van der Waals surface area contributed by atoms with Crippen molar-refractivity contribution in [3.05, 3.63) is 12.2 Å². The largest absolute Gasteiger partial charge is 0.462 e. The minimum absolute atomic E-state index is 0.206. The first-order chi connectivity index (χ1) is 9.66. The van der Waals surface area contributed by atoms with E-state index in [2.05, 4.69) is 6.58 Å². The third-order valence-corrected chi connectivity index (χ3v) is 6.14. The first-order valence-corrected chi connectivity index (χ1v) is 8.49. The van der Waals surface area contributed by atoms with E-state index in [1.54, 1.807) is 6.92 Å². The van der Waals surface area contributed by atoms with Gasteiger partial charge in [0.2, 0.25) is 0 Å². The molecule has 0 saturated heterocycles. The molecule has 112 valence electrons. The van der Waals surface area contributed by atoms with E-state index in [0.717, 1.165) is 23.7 Å². The van der Waals surface area contributed by atoms with Crippen molar-refractivity contribution in [1.29, 1.82) is 0 Å². The van der Waals surface area contributed by atoms with Gasteiger partial charge in [0.05, 0.1) is 6.61 Å². The number of hydrogen-bond acceptors (Lipinski definition) is 2. The summed E-state index contributed by atoms with van der Waals surface area (Å²) in [6.45, 7) is 6.03. The molecule has 3 fully saturated rings. The van der Waals surface area contributed by atoms with E-state index < -0.39 is 0 Å². The molecule has 0 aromatic heterocycles. The van der Waals surface area contributed by atoms with Crippen LogP contribution in [0.2, 0.25) is 0 Å². The van der Waals surface area contributed by atoms with Gasteiger partial charge in [-0.05, 0) is 62.2 Å². The fraction of sp³-hybridized carbons (Fsp3) is 0.833. The lowest BCUT2D eigenvalue weighted by Gasteiger charge is -2.36. The third kappa shape index (κ3) is 2.66. The van der Waals surface area contributed by atoms with E-state index >= 15 is 0 Å². The van der Waals surface area contributed by atoms with E-state index in [1.165, 1.54) is 51.4 Å². The molecule has 20 heavy (non-hydrogen) atoms. The number of ether oxygens (including phenoxy) is 1. The fourth-order valence-corrected chi connectivity index (χ4v) is 5.25. The standard InChI is InChI=1S/C18H28O2/c1-12(2)18(19)20-11-14-7-5-9-16-15-8-4-3-6-13(15)10-17(14)16/h13-17H,1,3-11H2,2H3. The number of rotatable bonds is 3. The van der Waals surface area contributed by atoms with Gasteiger partial charge in [0.15, 0.2) is 0 Å². The van der Waals surface area contributed by atoms with Gasteiger partial charge in [0.25, 0.3) is 0 Å². The number of esters is 1. The Morgan fingerprint density at radius 2 is 1.80 bits per heavy atom. The maximum absolute atomic E-state index is 11.6. The summed E-state index contributed by atoms with van der Waals surface area (Å²) in [5.74, 6) is 4.15. The Morgan fingerprint density at radius 3 is 2.60 bits per heavy atom. The minimum Gasteiger partial charge on any atom is -0.462 e. The van der Waals surface area contributed by atoms with Gasteiger partial charge in [-0.15, -0.1) is 0 Å². The van der Waals surface area contributed by atoms with Crippen LogP contribution in [-0.4, -0.2) is 12.6 Å². The highest BCUT2D eigenvalue weighted by molar-refractivity contribution is 5.86. The van der Waals surface area contributed by atoms with Gasteiger partial charge in [-0.1, -0.05) is 32.3 Å². The summed E-state index contributed by atoms with van der Waals surface area (Å²) in [5, 5.41) is 0. The SMILES string of the molecule is C=C(C)C(=O)OCC1CCCC2C3CCCCC3CC12. The van der Waals surface area contributed by atoms with Crippen LogP contribution in [0.3, 0.4) is 0 Å². The second kappa shape index (κ2) is 5.91. The summed E-state index contributed by atoms with van der Waals surface area (Å²) < 4.78 is 5.47. The zero-order chi connectivity index (χ0) is 14.1. The number of carbonyl (C=O) groups is 1. The van der Waals surface area contributed by atoms with Crippen LogP contribution in [0.15, 0.2) is 12.2 Å². The second-order valence-electron chi connectivity index (χ2n) is 7.34. The van der Waals surface area contributed by atoms with Crippen molar-refractivity contribution in [1.82, 2.24) is 0 Å². The minimum atomic E-state index is -0.206. The Bertz CT molecular complexity index is 387. The van der Waals surface area contributed by atoms with Crippen LogP contribution in [-0.2, 0) is 9.53 Å². The molecule has 0 aromatic rings. The monoisotopic (exact) mass is 276 g/mol. The maximum atomic E-state index is 11.6. The molecule has 3 saturated carbocycles. The first-order valence-electron chi connectivity index (χ1n) is 8.49. The molecule has 0 bridgehead atoms. The number of fused-ring (bicyclic) bond motifs is 3. The highest BCUT2D eigenvalue weighted by atomic mass is 16.5. The fourth-order valence-electron chi connectivity index (χ4n) is 5.25. The van der Waals surface area contributed by atoms with Crippen LogP contribution >= 0.6 is 0 Å². The molecule has 0 aromatic carbocycles. The molecule has 5 unspecified atom stereocenters. The van der Waals surface area contributed by atoms with Gasteiger partial charge < -0.3 is 4.74 Å². The molecule has 0 heterocycles. The predicted octanol–water partition coefficient (Wildman–Crippen LogP) is 4.35. The summed E-state index contributed by atoms with van der Waals surface area (Å²) >= 11 is 0. The highest BCUT2D eigenvalue weighted by Gasteiger charge is 2.47. The van der Waals surface area contributed by atoms with Crippen molar-refractivity contribution >= 4 is 5.97 Å². The Labute approximate surface area is 123 Å². The highest BCUT2D eigenvalue weighted by Crippen LogP contribution is 2.55. The van der Waals surface area contributed by atoms with Crippen molar-refractivity contribution in [2.45, 2.75) is 58.3 Å². The van der Waals surface area contributed by atoms with Gasteiger partial charge in [-0.3, -0.25) is 0 Å². The Kier molecular flexibility index (Phi) is 4.18. The average Bonchev–Trinajstić information content (AvgIpc) is 2.83. The van der Waals surface area contributed by atoms with Crippen molar-refractivity contribution in [2.75, 3.05) is 6.61 Å². The van der Waals surface area contributed by atoms with E-state index in [-0.39, 0.29) is 5.97 Å². The zero-order valence-electron chi connectivity index (χ0n) is 12.8. The van der Waals surface area contributed by atoms with Crippen LogP contribution in [0, 0.1) is 29.6 Å². The maximum Gasteiger partial charge on any atom is 0.333 e. The van der Waals surface area contributed by atoms with Crippen molar-refractivity contribution in [3.8, 4) is 0 Å². The average molecular weight is 276 g/mol. The molecule has 2 nitrogen and oxygen atoms in total. The van der Waals surface area contributed by atoms with Crippen molar-refractivity contribution < 1.29 is 9.53 Å². The van der Waals surface area contributed by atoms with Gasteiger partial charge in [0.1, 0.15) is 0 Å². The molecular weight excluding hydrogens is 248 g/mol. The summed E-state index contributed by atoms with van der Waals surface area (Å²) in [6.07, 6.45) is 11.2. The summed E-state index contributed by atoms with van der Waals surface area (Å²) in [4.78, 5) is 11.6. The van der Waals surface area contributed by atoms with Crippen LogP contribution in [0.5, 0.6) is 0 Å². The number of carbonyl (C=O) groups excluding carboxylic acids is 1. The van der Waals surface area contributed by atoms with E-state index in [0.29, 0.717) is 18.1 Å². The smallest absolute Gasteiger partial charge is 0.333 e. The van der Waals surface area contributed by atoms with Gasteiger partial charge in [-0.2, -0.15) is 0 Å². The molecule has 2 heteroatoms. The molecule has 3 aliphatic carbocycles. The predicted molar refractivity (Wildman–Crippen MR) is 80.2 cm³/mol. The van der Waals surface area contributed by atoms with E-state index in [1.807, 2.05) is 0 Å². The van der Waals surface area contributed by atoms with E-state index in [4.69, 9.17) is 4.74 Å². The molecule has 0 aliphatic heterocycles. The second-order valence-corrected chi connectivity index (χ2v) is 7.34. The van der Waals surface area contributed by atoms with Crippen LogP contribution in [0.1, 0.15) is 58.3 Å². The lowest BCUT2D eigenvalue weighted by Crippen LogP contribution is -2.31. The Hall–Kier alpha value is -0.790.